The van der Waals surface area contributed by atoms with Crippen LogP contribution < -0.4 is 0 Å². The molecular weight excluding hydrogens is 338 g/mol. The van der Waals surface area contributed by atoms with Crippen molar-refractivity contribution in [1.82, 2.24) is 0 Å². The van der Waals surface area contributed by atoms with Gasteiger partial charge < -0.3 is 0 Å². The van der Waals surface area contributed by atoms with Gasteiger partial charge in [-0.05, 0) is 73.0 Å². The summed E-state index contributed by atoms with van der Waals surface area (Å²) in [5.41, 5.74) is 2.18. The van der Waals surface area contributed by atoms with Crippen LogP contribution in [0, 0.1) is 19.8 Å². The molecule has 2 aromatic carbocycles. The number of aryl methyl sites for hydroxylation is 2. The van der Waals surface area contributed by atoms with Crippen LogP contribution in [0.15, 0.2) is 73.6 Å². The summed E-state index contributed by atoms with van der Waals surface area (Å²) in [5, 5.41) is 1.95. The quantitative estimate of drug-likeness (QED) is 0.771. The van der Waals surface area contributed by atoms with E-state index in [2.05, 4.69) is 9.84 Å². The van der Waals surface area contributed by atoms with Gasteiger partial charge in [-0.15, -0.1) is 3.77 Å². The minimum atomic E-state index is -3.68. The van der Waals surface area contributed by atoms with E-state index in [0.29, 0.717) is 5.92 Å². The zero-order valence-corrected chi connectivity index (χ0v) is 15.5. The Bertz CT molecular complexity index is 876. The molecule has 1 saturated carbocycles. The summed E-state index contributed by atoms with van der Waals surface area (Å²) in [6.45, 7) is 3.95. The molecule has 1 fully saturated rings. The molecule has 0 spiro atoms. The molecule has 1 unspecified atom stereocenters. The molecule has 0 bridgehead atoms. The molecule has 0 radical (unpaired) electrons. The molecule has 1 aliphatic rings. The first-order valence-electron chi connectivity index (χ1n) is 7.97. The lowest BCUT2D eigenvalue weighted by Gasteiger charge is -2.06. The Morgan fingerprint density at radius 3 is 2.04 bits per heavy atom. The van der Waals surface area contributed by atoms with E-state index in [4.69, 9.17) is 0 Å². The van der Waals surface area contributed by atoms with Crippen LogP contribution in [0.1, 0.15) is 24.0 Å². The normalized spacial score (nSPS) is 16.6. The first kappa shape index (κ1) is 17.1. The summed E-state index contributed by atoms with van der Waals surface area (Å²) < 4.78 is 29.5. The Hall–Kier alpha value is -1.72. The SMILES string of the molecule is Cc1ccc(S(/C=C/C2CC2)=N/S(=O)(=O)c2ccc(C)cc2)cc1. The first-order valence-corrected chi connectivity index (χ1v) is 10.7. The van der Waals surface area contributed by atoms with E-state index in [1.807, 2.05) is 43.5 Å². The van der Waals surface area contributed by atoms with E-state index < -0.39 is 20.7 Å². The zero-order chi connectivity index (χ0) is 17.2. The van der Waals surface area contributed by atoms with E-state index in [9.17, 15) is 8.42 Å². The highest BCUT2D eigenvalue weighted by Gasteiger charge is 2.18. The summed E-state index contributed by atoms with van der Waals surface area (Å²) in [6, 6.07) is 14.8. The predicted octanol–water partition coefficient (Wildman–Crippen LogP) is 4.78. The topological polar surface area (TPSA) is 46.5 Å². The standard InChI is InChI=1S/C19H21NO2S2/c1-15-3-9-18(10-4-15)23(14-13-17-7-8-17)20-24(21,22)19-11-5-16(2)6-12-19/h3-6,9-14,17H,7-8H2,1-2H3/b14-13+. The van der Waals surface area contributed by atoms with Gasteiger partial charge in [0.25, 0.3) is 10.0 Å². The van der Waals surface area contributed by atoms with Crippen molar-refractivity contribution in [3.63, 3.8) is 0 Å². The molecule has 1 atom stereocenters. The van der Waals surface area contributed by atoms with E-state index in [1.165, 1.54) is 12.8 Å². The van der Waals surface area contributed by atoms with Crippen LogP contribution in [0.25, 0.3) is 0 Å². The molecule has 0 amide bonds. The van der Waals surface area contributed by atoms with Gasteiger partial charge in [0, 0.05) is 4.90 Å². The average Bonchev–Trinajstić information content (AvgIpc) is 3.37. The molecule has 0 aliphatic heterocycles. The van der Waals surface area contributed by atoms with E-state index in [1.54, 1.807) is 24.3 Å². The van der Waals surface area contributed by atoms with Crippen molar-refractivity contribution in [2.24, 2.45) is 9.69 Å². The molecule has 0 heterocycles. The van der Waals surface area contributed by atoms with Crippen molar-refractivity contribution in [2.75, 3.05) is 0 Å². The molecule has 126 valence electrons. The summed E-state index contributed by atoms with van der Waals surface area (Å²) in [4.78, 5) is 1.17. The number of sulfonamides is 1. The van der Waals surface area contributed by atoms with Crippen LogP contribution in [0.3, 0.4) is 0 Å². The summed E-state index contributed by atoms with van der Waals surface area (Å²) >= 11 is 0. The third kappa shape index (κ3) is 4.42. The predicted molar refractivity (Wildman–Crippen MR) is 99.5 cm³/mol. The lowest BCUT2D eigenvalue weighted by molar-refractivity contribution is 0.598. The van der Waals surface area contributed by atoms with Crippen molar-refractivity contribution >= 4 is 20.7 Å². The minimum Gasteiger partial charge on any atom is -0.199 e. The first-order chi connectivity index (χ1) is 11.4. The average molecular weight is 360 g/mol. The highest BCUT2D eigenvalue weighted by Crippen LogP contribution is 2.31. The highest BCUT2D eigenvalue weighted by atomic mass is 32.3. The number of rotatable bonds is 5. The highest BCUT2D eigenvalue weighted by molar-refractivity contribution is 8.01. The monoisotopic (exact) mass is 359 g/mol. The maximum atomic E-state index is 12.7. The maximum absolute atomic E-state index is 12.7. The van der Waals surface area contributed by atoms with E-state index in [-0.39, 0.29) is 4.90 Å². The van der Waals surface area contributed by atoms with Gasteiger partial charge in [0.15, 0.2) is 0 Å². The van der Waals surface area contributed by atoms with Crippen LogP contribution >= 0.6 is 0 Å². The second-order valence-electron chi connectivity index (χ2n) is 6.16. The molecule has 0 aromatic heterocycles. The van der Waals surface area contributed by atoms with Crippen LogP contribution in [0.5, 0.6) is 0 Å². The third-order valence-electron chi connectivity index (χ3n) is 3.86. The van der Waals surface area contributed by atoms with E-state index in [0.717, 1.165) is 16.0 Å². The molecule has 5 heteroatoms. The number of allylic oxidation sites excluding steroid dienone is 1. The smallest absolute Gasteiger partial charge is 0.199 e. The minimum absolute atomic E-state index is 0.248. The third-order valence-corrected chi connectivity index (χ3v) is 7.33. The lowest BCUT2D eigenvalue weighted by Crippen LogP contribution is -2.00. The van der Waals surface area contributed by atoms with Crippen molar-refractivity contribution in [3.8, 4) is 0 Å². The van der Waals surface area contributed by atoms with Crippen LogP contribution in [0.4, 0.5) is 0 Å². The molecule has 3 nitrogen and oxygen atoms in total. The molecule has 3 rings (SSSR count). The Kier molecular flexibility index (Phi) is 5.01. The number of hydrogen-bond donors (Lipinski definition) is 0. The number of hydrogen-bond acceptors (Lipinski definition) is 2. The van der Waals surface area contributed by atoms with Gasteiger partial charge in [-0.25, -0.2) is 0 Å². The Morgan fingerprint density at radius 1 is 0.958 bits per heavy atom. The van der Waals surface area contributed by atoms with Crippen LogP contribution in [0.2, 0.25) is 0 Å². The molecule has 1 aliphatic carbocycles. The van der Waals surface area contributed by atoms with Crippen molar-refractivity contribution < 1.29 is 8.42 Å². The fraction of sp³-hybridized carbons (Fsp3) is 0.263. The zero-order valence-electron chi connectivity index (χ0n) is 13.8. The van der Waals surface area contributed by atoms with Crippen LogP contribution in [-0.4, -0.2) is 8.42 Å². The fourth-order valence-electron chi connectivity index (χ4n) is 2.16. The molecule has 24 heavy (non-hydrogen) atoms. The fourth-order valence-corrected chi connectivity index (χ4v) is 5.31. The van der Waals surface area contributed by atoms with Gasteiger partial charge in [0.05, 0.1) is 4.90 Å². The van der Waals surface area contributed by atoms with Crippen molar-refractivity contribution in [1.29, 1.82) is 0 Å². The van der Waals surface area contributed by atoms with Gasteiger partial charge in [-0.3, -0.25) is 0 Å². The van der Waals surface area contributed by atoms with Gasteiger partial charge >= 0.3 is 0 Å². The Labute approximate surface area is 146 Å². The largest absolute Gasteiger partial charge is 0.288 e. The van der Waals surface area contributed by atoms with Crippen LogP contribution in [-0.2, 0) is 20.7 Å². The number of benzene rings is 2. The Balaban J connectivity index is 2.01. The van der Waals surface area contributed by atoms with Gasteiger partial charge in [-0.2, -0.15) is 8.42 Å². The second kappa shape index (κ2) is 7.03. The lowest BCUT2D eigenvalue weighted by atomic mass is 10.2. The van der Waals surface area contributed by atoms with E-state index >= 15 is 0 Å². The molecule has 0 N–H and O–H groups in total. The summed E-state index contributed by atoms with van der Waals surface area (Å²) in [7, 11) is -4.47. The maximum Gasteiger partial charge on any atom is 0.288 e. The van der Waals surface area contributed by atoms with Gasteiger partial charge in [-0.1, -0.05) is 41.5 Å². The van der Waals surface area contributed by atoms with Crippen molar-refractivity contribution in [2.45, 2.75) is 36.5 Å². The van der Waals surface area contributed by atoms with Gasteiger partial charge in [0.2, 0.25) is 0 Å². The second-order valence-corrected chi connectivity index (χ2v) is 9.55. The molecule has 2 aromatic rings. The molecule has 0 saturated heterocycles. The summed E-state index contributed by atoms with van der Waals surface area (Å²) in [6.07, 6.45) is 4.48. The van der Waals surface area contributed by atoms with Gasteiger partial charge in [0.1, 0.15) is 0 Å². The van der Waals surface area contributed by atoms with Crippen molar-refractivity contribution in [3.05, 3.63) is 71.1 Å². The summed E-state index contributed by atoms with van der Waals surface area (Å²) in [5.74, 6) is 0.586. The molecular formula is C19H21NO2S2. The number of nitrogens with zero attached hydrogens (tertiary/aromatic N) is 1. The Morgan fingerprint density at radius 2 is 1.50 bits per heavy atom.